The molecule has 6 nitrogen and oxygen atoms in total. The van der Waals surface area contributed by atoms with Crippen molar-refractivity contribution < 1.29 is 19.2 Å². The van der Waals surface area contributed by atoms with Crippen molar-refractivity contribution in [1.29, 1.82) is 0 Å². The molecule has 0 amide bonds. The summed E-state index contributed by atoms with van der Waals surface area (Å²) in [5.41, 5.74) is 0.752. The van der Waals surface area contributed by atoms with Gasteiger partial charge in [0.15, 0.2) is 6.29 Å². The summed E-state index contributed by atoms with van der Waals surface area (Å²) in [6, 6.07) is 11.1. The first-order chi connectivity index (χ1) is 10.2. The zero-order chi connectivity index (χ0) is 15.2. The van der Waals surface area contributed by atoms with Gasteiger partial charge >= 0.3 is 0 Å². The van der Waals surface area contributed by atoms with Crippen molar-refractivity contribution in [2.45, 2.75) is 6.61 Å². The van der Waals surface area contributed by atoms with Crippen molar-refractivity contribution in [1.82, 2.24) is 0 Å². The standard InChI is InChI=1S/C15H13NO5/c1-20-13-6-7-15(12(8-13)9-17)21-10-11-4-2-3-5-14(11)16(18)19/h2-9H,10H2,1H3. The first-order valence-corrected chi connectivity index (χ1v) is 6.14. The van der Waals surface area contributed by atoms with E-state index in [1.54, 1.807) is 36.4 Å². The Morgan fingerprint density at radius 3 is 2.67 bits per heavy atom. The van der Waals surface area contributed by atoms with Crippen LogP contribution < -0.4 is 9.47 Å². The van der Waals surface area contributed by atoms with Gasteiger partial charge < -0.3 is 9.47 Å². The number of hydrogen-bond donors (Lipinski definition) is 0. The predicted octanol–water partition coefficient (Wildman–Crippen LogP) is 2.99. The molecule has 0 aliphatic heterocycles. The lowest BCUT2D eigenvalue weighted by molar-refractivity contribution is -0.385. The summed E-state index contributed by atoms with van der Waals surface area (Å²) in [5.74, 6) is 0.888. The Kier molecular flexibility index (Phi) is 4.50. The summed E-state index contributed by atoms with van der Waals surface area (Å²) in [6.07, 6.45) is 0.650. The molecule has 0 heterocycles. The molecule has 0 fully saturated rings. The van der Waals surface area contributed by atoms with Gasteiger partial charge in [-0.1, -0.05) is 12.1 Å². The molecule has 0 saturated heterocycles. The highest BCUT2D eigenvalue weighted by Crippen LogP contribution is 2.25. The first-order valence-electron chi connectivity index (χ1n) is 6.14. The molecule has 0 atom stereocenters. The predicted molar refractivity (Wildman–Crippen MR) is 75.8 cm³/mol. The smallest absolute Gasteiger partial charge is 0.276 e. The topological polar surface area (TPSA) is 78.7 Å². The van der Waals surface area contributed by atoms with Crippen LogP contribution in [0.1, 0.15) is 15.9 Å². The molecular weight excluding hydrogens is 274 g/mol. The second-order valence-corrected chi connectivity index (χ2v) is 4.20. The van der Waals surface area contributed by atoms with Gasteiger partial charge in [0.05, 0.1) is 23.2 Å². The molecule has 108 valence electrons. The molecule has 0 aliphatic carbocycles. The largest absolute Gasteiger partial charge is 0.497 e. The lowest BCUT2D eigenvalue weighted by Crippen LogP contribution is -2.02. The van der Waals surface area contributed by atoms with Crippen LogP contribution in [0.2, 0.25) is 0 Å². The second-order valence-electron chi connectivity index (χ2n) is 4.20. The molecule has 6 heteroatoms. The van der Waals surface area contributed by atoms with Crippen LogP contribution in [0.5, 0.6) is 11.5 Å². The van der Waals surface area contributed by atoms with Crippen LogP contribution in [0.4, 0.5) is 5.69 Å². The maximum atomic E-state index is 11.0. The van der Waals surface area contributed by atoms with Crippen molar-refractivity contribution in [2.75, 3.05) is 7.11 Å². The molecule has 21 heavy (non-hydrogen) atoms. The summed E-state index contributed by atoms with van der Waals surface area (Å²) < 4.78 is 10.5. The van der Waals surface area contributed by atoms with E-state index in [2.05, 4.69) is 0 Å². The van der Waals surface area contributed by atoms with Gasteiger partial charge in [-0.3, -0.25) is 14.9 Å². The van der Waals surface area contributed by atoms with E-state index in [1.165, 1.54) is 13.2 Å². The number of nitro groups is 1. The molecule has 0 unspecified atom stereocenters. The highest BCUT2D eigenvalue weighted by molar-refractivity contribution is 5.80. The Morgan fingerprint density at radius 2 is 2.00 bits per heavy atom. The molecule has 0 radical (unpaired) electrons. The number of ether oxygens (including phenoxy) is 2. The molecule has 0 spiro atoms. The van der Waals surface area contributed by atoms with Gasteiger partial charge in [0.1, 0.15) is 18.1 Å². The van der Waals surface area contributed by atoms with Gasteiger partial charge in [0.25, 0.3) is 5.69 Å². The minimum atomic E-state index is -0.465. The number of para-hydroxylation sites is 1. The number of rotatable bonds is 6. The number of aldehydes is 1. The van der Waals surface area contributed by atoms with Crippen LogP contribution in [-0.2, 0) is 6.61 Å². The quantitative estimate of drug-likeness (QED) is 0.463. The van der Waals surface area contributed by atoms with E-state index < -0.39 is 4.92 Å². The molecular formula is C15H13NO5. The van der Waals surface area contributed by atoms with Gasteiger partial charge in [0.2, 0.25) is 0 Å². The Bertz CT molecular complexity index is 669. The zero-order valence-corrected chi connectivity index (χ0v) is 11.3. The van der Waals surface area contributed by atoms with E-state index in [9.17, 15) is 14.9 Å². The number of carbonyl (C=O) groups is 1. The fraction of sp³-hybridized carbons (Fsp3) is 0.133. The maximum absolute atomic E-state index is 11.0. The Balaban J connectivity index is 2.21. The van der Waals surface area contributed by atoms with Crippen LogP contribution in [-0.4, -0.2) is 18.3 Å². The summed E-state index contributed by atoms with van der Waals surface area (Å²) in [7, 11) is 1.50. The van der Waals surface area contributed by atoms with E-state index in [0.717, 1.165) is 0 Å². The van der Waals surface area contributed by atoms with E-state index in [1.807, 2.05) is 0 Å². The van der Waals surface area contributed by atoms with E-state index in [-0.39, 0.29) is 12.3 Å². The highest BCUT2D eigenvalue weighted by atomic mass is 16.6. The SMILES string of the molecule is COc1ccc(OCc2ccccc2[N+](=O)[O-])c(C=O)c1. The minimum Gasteiger partial charge on any atom is -0.497 e. The lowest BCUT2D eigenvalue weighted by Gasteiger charge is -2.10. The van der Waals surface area contributed by atoms with Crippen molar-refractivity contribution in [3.8, 4) is 11.5 Å². The van der Waals surface area contributed by atoms with Crippen LogP contribution in [0.3, 0.4) is 0 Å². The van der Waals surface area contributed by atoms with Crippen LogP contribution in [0, 0.1) is 10.1 Å². The molecule has 0 N–H and O–H groups in total. The number of carbonyl (C=O) groups excluding carboxylic acids is 1. The van der Waals surface area contributed by atoms with Crippen molar-refractivity contribution >= 4 is 12.0 Å². The third-order valence-electron chi connectivity index (χ3n) is 2.92. The van der Waals surface area contributed by atoms with Gasteiger partial charge in [-0.2, -0.15) is 0 Å². The summed E-state index contributed by atoms with van der Waals surface area (Å²) >= 11 is 0. The number of benzene rings is 2. The number of methoxy groups -OCH3 is 1. The Labute approximate surface area is 121 Å². The van der Waals surface area contributed by atoms with E-state index >= 15 is 0 Å². The zero-order valence-electron chi connectivity index (χ0n) is 11.3. The van der Waals surface area contributed by atoms with E-state index in [0.29, 0.717) is 28.9 Å². The first kappa shape index (κ1) is 14.5. The van der Waals surface area contributed by atoms with Crippen molar-refractivity contribution in [3.05, 3.63) is 63.7 Å². The molecule has 0 saturated carbocycles. The average molecular weight is 287 g/mol. The van der Waals surface area contributed by atoms with Gasteiger partial charge in [0, 0.05) is 6.07 Å². The maximum Gasteiger partial charge on any atom is 0.276 e. The summed E-state index contributed by atoms with van der Waals surface area (Å²) in [5, 5.41) is 10.9. The average Bonchev–Trinajstić information content (AvgIpc) is 2.52. The number of hydrogen-bond acceptors (Lipinski definition) is 5. The fourth-order valence-corrected chi connectivity index (χ4v) is 1.84. The van der Waals surface area contributed by atoms with Gasteiger partial charge in [-0.15, -0.1) is 0 Å². The third kappa shape index (κ3) is 3.36. The number of nitro benzene ring substituents is 1. The van der Waals surface area contributed by atoms with Gasteiger partial charge in [-0.25, -0.2) is 0 Å². The third-order valence-corrected chi connectivity index (χ3v) is 2.92. The van der Waals surface area contributed by atoms with Crippen molar-refractivity contribution in [2.24, 2.45) is 0 Å². The number of nitrogens with zero attached hydrogens (tertiary/aromatic N) is 1. The van der Waals surface area contributed by atoms with E-state index in [4.69, 9.17) is 9.47 Å². The molecule has 0 aliphatic rings. The van der Waals surface area contributed by atoms with Crippen LogP contribution in [0.25, 0.3) is 0 Å². The molecule has 0 aromatic heterocycles. The molecule has 0 bridgehead atoms. The summed E-state index contributed by atoms with van der Waals surface area (Å²) in [4.78, 5) is 21.5. The monoisotopic (exact) mass is 287 g/mol. The van der Waals surface area contributed by atoms with Gasteiger partial charge in [-0.05, 0) is 24.3 Å². The molecule has 2 aromatic carbocycles. The highest BCUT2D eigenvalue weighted by Gasteiger charge is 2.13. The second kappa shape index (κ2) is 6.51. The molecule has 2 aromatic rings. The summed E-state index contributed by atoms with van der Waals surface area (Å²) in [6.45, 7) is 0.00429. The minimum absolute atomic E-state index is 0.00429. The Morgan fingerprint density at radius 1 is 1.24 bits per heavy atom. The molecule has 2 rings (SSSR count). The van der Waals surface area contributed by atoms with Crippen LogP contribution in [0.15, 0.2) is 42.5 Å². The lowest BCUT2D eigenvalue weighted by atomic mass is 10.2. The Hall–Kier alpha value is -2.89. The fourth-order valence-electron chi connectivity index (χ4n) is 1.84. The van der Waals surface area contributed by atoms with Crippen molar-refractivity contribution in [3.63, 3.8) is 0 Å². The van der Waals surface area contributed by atoms with Crippen LogP contribution >= 0.6 is 0 Å². The normalized spacial score (nSPS) is 9.95.